The van der Waals surface area contributed by atoms with Gasteiger partial charge in [0.2, 0.25) is 0 Å². The second kappa shape index (κ2) is 6.78. The fourth-order valence-electron chi connectivity index (χ4n) is 2.27. The average molecular weight is 310 g/mol. The molecule has 0 heterocycles. The van der Waals surface area contributed by atoms with Crippen LogP contribution >= 0.6 is 11.6 Å². The Labute approximate surface area is 128 Å². The zero-order valence-corrected chi connectivity index (χ0v) is 12.9. The zero-order valence-electron chi connectivity index (χ0n) is 12.1. The van der Waals surface area contributed by atoms with Gasteiger partial charge in [0, 0.05) is 10.6 Å². The molecule has 0 aliphatic heterocycles. The van der Waals surface area contributed by atoms with E-state index in [1.165, 1.54) is 12.1 Å². The lowest BCUT2D eigenvalue weighted by Crippen LogP contribution is -2.19. The van der Waals surface area contributed by atoms with Gasteiger partial charge in [0.25, 0.3) is 0 Å². The van der Waals surface area contributed by atoms with Gasteiger partial charge in [-0.25, -0.2) is 4.39 Å². The molecule has 21 heavy (non-hydrogen) atoms. The first-order valence-corrected chi connectivity index (χ1v) is 6.82. The van der Waals surface area contributed by atoms with Gasteiger partial charge in [-0.05, 0) is 42.9 Å². The normalized spacial score (nSPS) is 12.0. The van der Waals surface area contributed by atoms with E-state index < -0.39 is 0 Å². The van der Waals surface area contributed by atoms with Crippen molar-refractivity contribution in [3.05, 3.63) is 58.4 Å². The van der Waals surface area contributed by atoms with Crippen LogP contribution in [0.4, 0.5) is 4.39 Å². The summed E-state index contributed by atoms with van der Waals surface area (Å²) in [5, 5.41) is 3.59. The van der Waals surface area contributed by atoms with Crippen molar-refractivity contribution in [2.45, 2.75) is 6.04 Å². The minimum atomic E-state index is -0.330. The van der Waals surface area contributed by atoms with Gasteiger partial charge in [-0.1, -0.05) is 17.7 Å². The Bertz CT molecular complexity index is 634. The number of hydrogen-bond donors (Lipinski definition) is 1. The largest absolute Gasteiger partial charge is 0.493 e. The van der Waals surface area contributed by atoms with Crippen LogP contribution in [-0.4, -0.2) is 21.3 Å². The molecule has 1 atom stereocenters. The second-order valence-corrected chi connectivity index (χ2v) is 4.94. The van der Waals surface area contributed by atoms with Crippen molar-refractivity contribution in [3.63, 3.8) is 0 Å². The van der Waals surface area contributed by atoms with E-state index >= 15 is 0 Å². The van der Waals surface area contributed by atoms with E-state index in [1.807, 2.05) is 12.1 Å². The Morgan fingerprint density at radius 1 is 1.05 bits per heavy atom. The minimum absolute atomic E-state index is 0.312. The van der Waals surface area contributed by atoms with Crippen molar-refractivity contribution in [3.8, 4) is 11.5 Å². The molecule has 3 nitrogen and oxygen atoms in total. The minimum Gasteiger partial charge on any atom is -0.493 e. The van der Waals surface area contributed by atoms with Crippen molar-refractivity contribution in [1.29, 1.82) is 0 Å². The van der Waals surface area contributed by atoms with E-state index in [-0.39, 0.29) is 11.9 Å². The Morgan fingerprint density at radius 2 is 1.76 bits per heavy atom. The second-order valence-electron chi connectivity index (χ2n) is 4.50. The van der Waals surface area contributed by atoms with E-state index in [2.05, 4.69) is 5.32 Å². The molecule has 1 N–H and O–H groups in total. The summed E-state index contributed by atoms with van der Waals surface area (Å²) in [4.78, 5) is 0. The molecular weight excluding hydrogens is 293 g/mol. The third kappa shape index (κ3) is 3.28. The number of ether oxygens (including phenoxy) is 2. The highest BCUT2D eigenvalue weighted by molar-refractivity contribution is 6.30. The molecule has 1 unspecified atom stereocenters. The van der Waals surface area contributed by atoms with Crippen molar-refractivity contribution in [2.24, 2.45) is 0 Å². The third-order valence-electron chi connectivity index (χ3n) is 3.30. The number of methoxy groups -OCH3 is 2. The summed E-state index contributed by atoms with van der Waals surface area (Å²) in [5.41, 5.74) is 1.34. The molecule has 0 aliphatic carbocycles. The number of halogens is 2. The van der Waals surface area contributed by atoms with Crippen LogP contribution in [0.25, 0.3) is 0 Å². The lowest BCUT2D eigenvalue weighted by atomic mass is 9.98. The van der Waals surface area contributed by atoms with E-state index in [9.17, 15) is 4.39 Å². The molecule has 0 fully saturated rings. The van der Waals surface area contributed by atoms with Crippen molar-refractivity contribution in [1.82, 2.24) is 5.32 Å². The maximum atomic E-state index is 14.1. The van der Waals surface area contributed by atoms with Crippen LogP contribution in [0.1, 0.15) is 17.2 Å². The number of nitrogens with one attached hydrogen (secondary N) is 1. The van der Waals surface area contributed by atoms with E-state index in [4.69, 9.17) is 21.1 Å². The molecule has 0 aliphatic rings. The molecular formula is C16H17ClFNO2. The smallest absolute Gasteiger partial charge is 0.161 e. The Kier molecular flexibility index (Phi) is 5.04. The van der Waals surface area contributed by atoms with Crippen molar-refractivity contribution in [2.75, 3.05) is 21.3 Å². The average Bonchev–Trinajstić information content (AvgIpc) is 2.51. The summed E-state index contributed by atoms with van der Waals surface area (Å²) in [5.74, 6) is 0.911. The summed E-state index contributed by atoms with van der Waals surface area (Å²) in [6.45, 7) is 0. The number of rotatable bonds is 5. The maximum Gasteiger partial charge on any atom is 0.161 e. The molecule has 0 amide bonds. The van der Waals surface area contributed by atoms with Gasteiger partial charge in [-0.2, -0.15) is 0 Å². The molecule has 2 aromatic rings. The summed E-state index contributed by atoms with van der Waals surface area (Å²) in [6, 6.07) is 9.66. The molecule has 0 bridgehead atoms. The van der Waals surface area contributed by atoms with Crippen molar-refractivity contribution >= 4 is 11.6 Å². The SMILES string of the molecule is CNC(c1ccc(OC)c(OC)c1)c1cc(Cl)ccc1F. The van der Waals surface area contributed by atoms with Crippen LogP contribution in [0.3, 0.4) is 0 Å². The number of hydrogen-bond acceptors (Lipinski definition) is 3. The zero-order chi connectivity index (χ0) is 15.4. The predicted octanol–water partition coefficient (Wildman–Crippen LogP) is 3.81. The van der Waals surface area contributed by atoms with Crippen LogP contribution in [-0.2, 0) is 0 Å². The van der Waals surface area contributed by atoms with Crippen LogP contribution in [0.15, 0.2) is 36.4 Å². The van der Waals surface area contributed by atoms with Gasteiger partial charge in [0.15, 0.2) is 11.5 Å². The Morgan fingerprint density at radius 3 is 2.38 bits per heavy atom. The highest BCUT2D eigenvalue weighted by Gasteiger charge is 2.18. The fraction of sp³-hybridized carbons (Fsp3) is 0.250. The quantitative estimate of drug-likeness (QED) is 0.911. The van der Waals surface area contributed by atoms with Gasteiger partial charge in [0.1, 0.15) is 5.82 Å². The van der Waals surface area contributed by atoms with Crippen molar-refractivity contribution < 1.29 is 13.9 Å². The topological polar surface area (TPSA) is 30.5 Å². The van der Waals surface area contributed by atoms with Gasteiger partial charge < -0.3 is 14.8 Å². The lowest BCUT2D eigenvalue weighted by molar-refractivity contribution is 0.354. The van der Waals surface area contributed by atoms with E-state index in [0.717, 1.165) is 5.56 Å². The molecule has 0 saturated heterocycles. The van der Waals surface area contributed by atoms with Gasteiger partial charge in [-0.15, -0.1) is 0 Å². The first kappa shape index (κ1) is 15.6. The monoisotopic (exact) mass is 309 g/mol. The lowest BCUT2D eigenvalue weighted by Gasteiger charge is -2.19. The molecule has 0 aromatic heterocycles. The molecule has 2 aromatic carbocycles. The predicted molar refractivity (Wildman–Crippen MR) is 81.9 cm³/mol. The summed E-state index contributed by atoms with van der Waals surface area (Å²) in [7, 11) is 4.90. The van der Waals surface area contributed by atoms with Gasteiger partial charge in [0.05, 0.1) is 20.3 Å². The molecule has 0 spiro atoms. The van der Waals surface area contributed by atoms with Gasteiger partial charge in [-0.3, -0.25) is 0 Å². The summed E-state index contributed by atoms with van der Waals surface area (Å²) < 4.78 is 24.6. The highest BCUT2D eigenvalue weighted by Crippen LogP contribution is 2.33. The maximum absolute atomic E-state index is 14.1. The first-order chi connectivity index (χ1) is 10.1. The van der Waals surface area contributed by atoms with Crippen LogP contribution in [0, 0.1) is 5.82 Å². The Hall–Kier alpha value is -1.78. The standard InChI is InChI=1S/C16H17ClFNO2/c1-19-16(12-9-11(17)5-6-13(12)18)10-4-7-14(20-2)15(8-10)21-3/h4-9,16,19H,1-3H3. The summed E-state index contributed by atoms with van der Waals surface area (Å²) in [6.07, 6.45) is 0. The molecule has 0 radical (unpaired) electrons. The molecule has 112 valence electrons. The molecule has 5 heteroatoms. The third-order valence-corrected chi connectivity index (χ3v) is 3.53. The molecule has 0 saturated carbocycles. The highest BCUT2D eigenvalue weighted by atomic mass is 35.5. The fourth-order valence-corrected chi connectivity index (χ4v) is 2.45. The van der Waals surface area contributed by atoms with E-state index in [0.29, 0.717) is 22.1 Å². The Balaban J connectivity index is 2.48. The first-order valence-electron chi connectivity index (χ1n) is 6.44. The molecule has 2 rings (SSSR count). The van der Waals surface area contributed by atoms with E-state index in [1.54, 1.807) is 33.4 Å². The van der Waals surface area contributed by atoms with Crippen LogP contribution in [0.2, 0.25) is 5.02 Å². The number of benzene rings is 2. The summed E-state index contributed by atoms with van der Waals surface area (Å²) >= 11 is 5.97. The van der Waals surface area contributed by atoms with Crippen LogP contribution < -0.4 is 14.8 Å². The van der Waals surface area contributed by atoms with Crippen LogP contribution in [0.5, 0.6) is 11.5 Å². The van der Waals surface area contributed by atoms with Gasteiger partial charge >= 0.3 is 0 Å².